The van der Waals surface area contributed by atoms with E-state index < -0.39 is 6.04 Å². The number of aryl methyl sites for hydroxylation is 2. The molecule has 2 aromatic heterocycles. The summed E-state index contributed by atoms with van der Waals surface area (Å²) in [4.78, 5) is 40.4. The van der Waals surface area contributed by atoms with E-state index in [0.717, 1.165) is 30.5 Å². The van der Waals surface area contributed by atoms with E-state index in [1.54, 1.807) is 25.3 Å². The van der Waals surface area contributed by atoms with Crippen LogP contribution in [0.15, 0.2) is 16.2 Å². The number of rotatable bonds is 6. The molecule has 2 heterocycles. The van der Waals surface area contributed by atoms with Crippen molar-refractivity contribution in [1.29, 1.82) is 0 Å². The lowest BCUT2D eigenvalue weighted by atomic mass is 10.2. The lowest BCUT2D eigenvalue weighted by molar-refractivity contribution is -0.142. The van der Waals surface area contributed by atoms with Crippen molar-refractivity contribution in [3.63, 3.8) is 0 Å². The average Bonchev–Trinajstić information content (AvgIpc) is 3.22. The molecule has 2 aromatic rings. The normalized spacial score (nSPS) is 13.9. The number of anilines is 1. The second-order valence-corrected chi connectivity index (χ2v) is 6.90. The minimum Gasteiger partial charge on any atom is -0.466 e. The zero-order chi connectivity index (χ0) is 18.7. The number of amides is 1. The summed E-state index contributed by atoms with van der Waals surface area (Å²) in [5.74, 6) is -0.743. The molecule has 0 radical (unpaired) electrons. The molecule has 1 N–H and O–H groups in total. The Kier molecular flexibility index (Phi) is 5.46. The molecule has 0 saturated carbocycles. The summed E-state index contributed by atoms with van der Waals surface area (Å²) >= 11 is 1.22. The number of hydrogen-bond donors (Lipinski definition) is 1. The van der Waals surface area contributed by atoms with Gasteiger partial charge >= 0.3 is 5.97 Å². The van der Waals surface area contributed by atoms with Gasteiger partial charge in [-0.3, -0.25) is 14.4 Å². The summed E-state index contributed by atoms with van der Waals surface area (Å²) in [7, 11) is 0. The van der Waals surface area contributed by atoms with Crippen LogP contribution in [0, 0.1) is 0 Å². The maximum absolute atomic E-state index is 12.5. The summed E-state index contributed by atoms with van der Waals surface area (Å²) in [6, 6.07) is 0.811. The van der Waals surface area contributed by atoms with Crippen molar-refractivity contribution in [1.82, 2.24) is 14.8 Å². The molecule has 0 aliphatic heterocycles. The summed E-state index contributed by atoms with van der Waals surface area (Å²) in [6.07, 6.45) is 2.73. The Morgan fingerprint density at radius 2 is 2.23 bits per heavy atom. The van der Waals surface area contributed by atoms with Crippen LogP contribution in [-0.4, -0.2) is 33.2 Å². The van der Waals surface area contributed by atoms with Crippen LogP contribution >= 0.6 is 11.3 Å². The van der Waals surface area contributed by atoms with Crippen LogP contribution in [0.3, 0.4) is 0 Å². The Morgan fingerprint density at radius 1 is 1.42 bits per heavy atom. The van der Waals surface area contributed by atoms with Crippen molar-refractivity contribution in [3.05, 3.63) is 38.8 Å². The van der Waals surface area contributed by atoms with E-state index in [0.29, 0.717) is 17.4 Å². The SMILES string of the molecule is CCOC(=O)Cc1csc(NC(=O)C(C)n2nc3c(cc2=O)CCC3)n1. The Hall–Kier alpha value is -2.55. The number of nitrogens with zero attached hydrogens (tertiary/aromatic N) is 3. The van der Waals surface area contributed by atoms with Gasteiger partial charge in [0.1, 0.15) is 6.04 Å². The minimum absolute atomic E-state index is 0.0571. The molecular weight excluding hydrogens is 356 g/mol. The van der Waals surface area contributed by atoms with Crippen LogP contribution in [0.25, 0.3) is 0 Å². The molecule has 3 rings (SSSR count). The first-order valence-corrected chi connectivity index (χ1v) is 9.38. The van der Waals surface area contributed by atoms with Crippen molar-refractivity contribution in [2.75, 3.05) is 11.9 Å². The lowest BCUT2D eigenvalue weighted by Gasteiger charge is -2.14. The van der Waals surface area contributed by atoms with Crippen molar-refractivity contribution < 1.29 is 14.3 Å². The predicted octanol–water partition coefficient (Wildman–Crippen LogP) is 1.49. The third kappa shape index (κ3) is 3.98. The van der Waals surface area contributed by atoms with Crippen molar-refractivity contribution in [3.8, 4) is 0 Å². The second-order valence-electron chi connectivity index (χ2n) is 6.04. The van der Waals surface area contributed by atoms with Crippen LogP contribution < -0.4 is 10.9 Å². The molecule has 0 aromatic carbocycles. The molecule has 1 amide bonds. The van der Waals surface area contributed by atoms with Crippen LogP contribution in [0.5, 0.6) is 0 Å². The number of carbonyl (C=O) groups is 2. The van der Waals surface area contributed by atoms with Crippen LogP contribution in [0.1, 0.15) is 43.3 Å². The minimum atomic E-state index is -0.759. The smallest absolute Gasteiger partial charge is 0.311 e. The molecule has 0 spiro atoms. The quantitative estimate of drug-likeness (QED) is 0.766. The van der Waals surface area contributed by atoms with Crippen molar-refractivity contribution >= 4 is 28.3 Å². The highest BCUT2D eigenvalue weighted by molar-refractivity contribution is 7.13. The van der Waals surface area contributed by atoms with E-state index in [2.05, 4.69) is 15.4 Å². The third-order valence-corrected chi connectivity index (χ3v) is 4.95. The zero-order valence-corrected chi connectivity index (χ0v) is 15.5. The molecule has 0 saturated heterocycles. The first-order chi connectivity index (χ1) is 12.5. The van der Waals surface area contributed by atoms with Gasteiger partial charge in [0.15, 0.2) is 5.13 Å². The molecule has 138 valence electrons. The number of thiazole rings is 1. The summed E-state index contributed by atoms with van der Waals surface area (Å²) in [5, 5.41) is 9.09. The maximum Gasteiger partial charge on any atom is 0.311 e. The second kappa shape index (κ2) is 7.77. The molecule has 0 fully saturated rings. The fraction of sp³-hybridized carbons (Fsp3) is 0.471. The van der Waals surface area contributed by atoms with E-state index >= 15 is 0 Å². The van der Waals surface area contributed by atoms with Crippen LogP contribution in [0.2, 0.25) is 0 Å². The average molecular weight is 376 g/mol. The van der Waals surface area contributed by atoms with Crippen LogP contribution in [-0.2, 0) is 33.6 Å². The number of nitrogens with one attached hydrogen (secondary N) is 1. The monoisotopic (exact) mass is 376 g/mol. The van der Waals surface area contributed by atoms with E-state index in [4.69, 9.17) is 4.74 Å². The summed E-state index contributed by atoms with van der Waals surface area (Å²) in [5.41, 5.74) is 2.11. The highest BCUT2D eigenvalue weighted by Gasteiger charge is 2.22. The van der Waals surface area contributed by atoms with Gasteiger partial charge in [0.05, 0.1) is 24.4 Å². The van der Waals surface area contributed by atoms with Gasteiger partial charge in [-0.1, -0.05) is 0 Å². The Morgan fingerprint density at radius 3 is 3.00 bits per heavy atom. The van der Waals surface area contributed by atoms with Gasteiger partial charge in [0.2, 0.25) is 0 Å². The van der Waals surface area contributed by atoms with E-state index in [-0.39, 0.29) is 23.9 Å². The first kappa shape index (κ1) is 18.2. The van der Waals surface area contributed by atoms with Gasteiger partial charge < -0.3 is 10.1 Å². The number of aromatic nitrogens is 3. The van der Waals surface area contributed by atoms with E-state index in [9.17, 15) is 14.4 Å². The van der Waals surface area contributed by atoms with Gasteiger partial charge in [0.25, 0.3) is 11.5 Å². The topological polar surface area (TPSA) is 103 Å². The van der Waals surface area contributed by atoms with Gasteiger partial charge in [0, 0.05) is 11.4 Å². The third-order valence-electron chi connectivity index (χ3n) is 4.14. The number of hydrogen-bond acceptors (Lipinski definition) is 7. The van der Waals surface area contributed by atoms with Gasteiger partial charge in [-0.15, -0.1) is 11.3 Å². The largest absolute Gasteiger partial charge is 0.466 e. The molecule has 1 aliphatic rings. The molecule has 1 atom stereocenters. The summed E-state index contributed by atoms with van der Waals surface area (Å²) in [6.45, 7) is 3.67. The Bertz CT molecular complexity index is 889. The Balaban J connectivity index is 1.68. The van der Waals surface area contributed by atoms with Crippen molar-refractivity contribution in [2.24, 2.45) is 0 Å². The number of fused-ring (bicyclic) bond motifs is 1. The van der Waals surface area contributed by atoms with Gasteiger partial charge in [-0.2, -0.15) is 5.10 Å². The number of ether oxygens (including phenoxy) is 1. The molecule has 1 aliphatic carbocycles. The van der Waals surface area contributed by atoms with Crippen molar-refractivity contribution in [2.45, 2.75) is 45.6 Å². The molecule has 1 unspecified atom stereocenters. The number of esters is 1. The molecular formula is C17H20N4O4S. The fourth-order valence-corrected chi connectivity index (χ4v) is 3.53. The van der Waals surface area contributed by atoms with Gasteiger partial charge in [-0.25, -0.2) is 9.67 Å². The first-order valence-electron chi connectivity index (χ1n) is 8.50. The van der Waals surface area contributed by atoms with E-state index in [1.807, 2.05) is 0 Å². The standard InChI is InChI=1S/C17H20N4O4S/c1-3-25-15(23)8-12-9-26-17(18-12)19-16(24)10(2)21-14(22)7-11-5-4-6-13(11)20-21/h7,9-10H,3-6,8H2,1-2H3,(H,18,19,24). The highest BCUT2D eigenvalue weighted by atomic mass is 32.1. The molecule has 9 heteroatoms. The zero-order valence-electron chi connectivity index (χ0n) is 14.7. The Labute approximate surface area is 154 Å². The molecule has 0 bridgehead atoms. The molecule has 8 nitrogen and oxygen atoms in total. The van der Waals surface area contributed by atoms with E-state index in [1.165, 1.54) is 16.0 Å². The van der Waals surface area contributed by atoms with Crippen LogP contribution in [0.4, 0.5) is 5.13 Å². The summed E-state index contributed by atoms with van der Waals surface area (Å²) < 4.78 is 6.09. The lowest BCUT2D eigenvalue weighted by Crippen LogP contribution is -2.34. The fourth-order valence-electron chi connectivity index (χ4n) is 2.82. The highest BCUT2D eigenvalue weighted by Crippen LogP contribution is 2.20. The predicted molar refractivity (Wildman–Crippen MR) is 96.3 cm³/mol. The maximum atomic E-state index is 12.5. The van der Waals surface area contributed by atoms with Gasteiger partial charge in [-0.05, 0) is 38.7 Å². The number of carbonyl (C=O) groups excluding carboxylic acids is 2. The molecule has 26 heavy (non-hydrogen) atoms.